The highest BCUT2D eigenvalue weighted by molar-refractivity contribution is 8.17. The van der Waals surface area contributed by atoms with Crippen molar-refractivity contribution in [2.45, 2.75) is 63.1 Å². The minimum absolute atomic E-state index is 0.110. The normalized spacial score (nSPS) is 26.8. The number of ether oxygens (including phenoxy) is 1. The Balaban J connectivity index is 0.000000232. The maximum Gasteiger partial charge on any atom is 0.387 e. The van der Waals surface area contributed by atoms with Gasteiger partial charge in [-0.3, -0.25) is 4.39 Å². The molecule has 1 saturated heterocycles. The average Bonchev–Trinajstić information content (AvgIpc) is 2.72. The van der Waals surface area contributed by atoms with Crippen LogP contribution in [0.3, 0.4) is 0 Å². The van der Waals surface area contributed by atoms with Gasteiger partial charge in [0.1, 0.15) is 5.82 Å². The molecule has 172 valence electrons. The lowest BCUT2D eigenvalue weighted by Crippen LogP contribution is -2.27. The molecule has 1 nitrogen and oxygen atoms in total. The SMILES string of the molecule is CCCC1CSC(C2CCC(CCF)CC2)SC1.Fc1ccc(OC(F)F)c(F)c1. The summed E-state index contributed by atoms with van der Waals surface area (Å²) in [6.07, 6.45) is 8.84. The first kappa shape index (κ1) is 25.6. The lowest BCUT2D eigenvalue weighted by molar-refractivity contribution is -0.0522. The summed E-state index contributed by atoms with van der Waals surface area (Å²) < 4.78 is 64.7. The lowest BCUT2D eigenvalue weighted by Gasteiger charge is -2.36. The van der Waals surface area contributed by atoms with Crippen molar-refractivity contribution >= 4 is 23.5 Å². The summed E-state index contributed by atoms with van der Waals surface area (Å²) in [6, 6.07) is 2.11. The van der Waals surface area contributed by atoms with Gasteiger partial charge in [-0.2, -0.15) is 8.78 Å². The lowest BCUT2D eigenvalue weighted by atomic mass is 9.81. The van der Waals surface area contributed by atoms with Crippen molar-refractivity contribution in [3.05, 3.63) is 29.8 Å². The Labute approximate surface area is 184 Å². The van der Waals surface area contributed by atoms with Gasteiger partial charge in [-0.05, 0) is 67.1 Å². The second-order valence-corrected chi connectivity index (χ2v) is 10.5. The van der Waals surface area contributed by atoms with Gasteiger partial charge in [-0.25, -0.2) is 8.78 Å². The smallest absolute Gasteiger partial charge is 0.387 e. The van der Waals surface area contributed by atoms with E-state index in [0.29, 0.717) is 12.0 Å². The predicted octanol–water partition coefficient (Wildman–Crippen LogP) is 7.94. The van der Waals surface area contributed by atoms with Crippen LogP contribution < -0.4 is 4.74 Å². The summed E-state index contributed by atoms with van der Waals surface area (Å²) in [7, 11) is 0. The van der Waals surface area contributed by atoms with Crippen LogP contribution >= 0.6 is 23.5 Å². The molecule has 1 aromatic rings. The second kappa shape index (κ2) is 13.7. The minimum Gasteiger partial charge on any atom is -0.432 e. The molecule has 2 fully saturated rings. The molecule has 1 saturated carbocycles. The van der Waals surface area contributed by atoms with Crippen LogP contribution in [0.5, 0.6) is 5.75 Å². The molecule has 1 aromatic carbocycles. The number of halogens is 5. The summed E-state index contributed by atoms with van der Waals surface area (Å²) in [4.78, 5) is 0. The standard InChI is InChI=1S/C15H27FS2.C7H4F4O/c1-2-3-13-10-17-15(18-11-13)14-6-4-12(5-7-14)8-9-16;8-4-1-2-6(5(9)3-4)12-7(10)11/h12-15H,2-11H2,1H3;1-3,7H. The van der Waals surface area contributed by atoms with Crippen molar-refractivity contribution in [3.63, 3.8) is 0 Å². The molecular formula is C22H31F5OS2. The van der Waals surface area contributed by atoms with Crippen molar-refractivity contribution in [2.24, 2.45) is 17.8 Å². The Kier molecular flexibility index (Phi) is 11.7. The summed E-state index contributed by atoms with van der Waals surface area (Å²) >= 11 is 4.44. The van der Waals surface area contributed by atoms with E-state index >= 15 is 0 Å². The highest BCUT2D eigenvalue weighted by Crippen LogP contribution is 2.45. The van der Waals surface area contributed by atoms with E-state index in [9.17, 15) is 22.0 Å². The third kappa shape index (κ3) is 8.85. The predicted molar refractivity (Wildman–Crippen MR) is 116 cm³/mol. The summed E-state index contributed by atoms with van der Waals surface area (Å²) in [6.45, 7) is -0.917. The Hall–Kier alpha value is -0.630. The van der Waals surface area contributed by atoms with Gasteiger partial charge in [-0.1, -0.05) is 26.2 Å². The molecule has 8 heteroatoms. The Morgan fingerprint density at radius 2 is 1.67 bits per heavy atom. The van der Waals surface area contributed by atoms with Gasteiger partial charge in [0.2, 0.25) is 0 Å². The molecule has 0 atom stereocenters. The molecule has 0 N–H and O–H groups in total. The maximum absolute atomic E-state index is 12.5. The number of alkyl halides is 3. The molecule has 0 aromatic heterocycles. The fourth-order valence-corrected chi connectivity index (χ4v) is 7.56. The van der Waals surface area contributed by atoms with Crippen LogP contribution in [-0.4, -0.2) is 29.4 Å². The van der Waals surface area contributed by atoms with E-state index in [1.165, 1.54) is 50.0 Å². The topological polar surface area (TPSA) is 9.23 Å². The van der Waals surface area contributed by atoms with Crippen LogP contribution in [0, 0.1) is 29.4 Å². The Morgan fingerprint density at radius 1 is 1.00 bits per heavy atom. The molecule has 2 aliphatic rings. The van der Waals surface area contributed by atoms with Crippen molar-refractivity contribution < 1.29 is 26.7 Å². The third-order valence-electron chi connectivity index (χ3n) is 5.59. The summed E-state index contributed by atoms with van der Waals surface area (Å²) in [5.74, 6) is 2.70. The van der Waals surface area contributed by atoms with Crippen molar-refractivity contribution in [2.75, 3.05) is 18.2 Å². The third-order valence-corrected chi connectivity index (χ3v) is 9.16. The maximum atomic E-state index is 12.5. The fraction of sp³-hybridized carbons (Fsp3) is 0.727. The van der Waals surface area contributed by atoms with E-state index in [1.54, 1.807) is 0 Å². The molecule has 0 radical (unpaired) electrons. The fourth-order valence-electron chi connectivity index (χ4n) is 3.98. The van der Waals surface area contributed by atoms with E-state index < -0.39 is 24.0 Å². The van der Waals surface area contributed by atoms with Crippen LogP contribution in [0.25, 0.3) is 0 Å². The molecule has 30 heavy (non-hydrogen) atoms. The zero-order chi connectivity index (χ0) is 21.9. The number of hydrogen-bond donors (Lipinski definition) is 0. The molecular weight excluding hydrogens is 439 g/mol. The van der Waals surface area contributed by atoms with E-state index in [2.05, 4.69) is 35.2 Å². The largest absolute Gasteiger partial charge is 0.432 e. The van der Waals surface area contributed by atoms with Crippen LogP contribution in [0.15, 0.2) is 18.2 Å². The zero-order valence-electron chi connectivity index (χ0n) is 17.3. The van der Waals surface area contributed by atoms with Gasteiger partial charge < -0.3 is 4.74 Å². The first-order valence-electron chi connectivity index (χ1n) is 10.6. The van der Waals surface area contributed by atoms with Gasteiger partial charge >= 0.3 is 6.61 Å². The molecule has 0 bridgehead atoms. The monoisotopic (exact) mass is 470 g/mol. The van der Waals surface area contributed by atoms with Crippen LogP contribution in [0.2, 0.25) is 0 Å². The number of benzene rings is 1. The van der Waals surface area contributed by atoms with Crippen LogP contribution in [0.4, 0.5) is 22.0 Å². The highest BCUT2D eigenvalue weighted by Gasteiger charge is 2.31. The quantitative estimate of drug-likeness (QED) is 0.374. The summed E-state index contributed by atoms with van der Waals surface area (Å²) in [5, 5.41) is 0. The van der Waals surface area contributed by atoms with Crippen LogP contribution in [0.1, 0.15) is 51.9 Å². The number of thioether (sulfide) groups is 2. The van der Waals surface area contributed by atoms with Gasteiger partial charge in [0, 0.05) is 6.07 Å². The van der Waals surface area contributed by atoms with Crippen LogP contribution in [-0.2, 0) is 0 Å². The zero-order valence-corrected chi connectivity index (χ0v) is 18.9. The molecule has 3 rings (SSSR count). The molecule has 0 amide bonds. The van der Waals surface area contributed by atoms with Gasteiger partial charge in [0.15, 0.2) is 11.6 Å². The van der Waals surface area contributed by atoms with Gasteiger partial charge in [0.05, 0.1) is 11.3 Å². The first-order chi connectivity index (χ1) is 14.4. The van der Waals surface area contributed by atoms with Crippen molar-refractivity contribution in [1.29, 1.82) is 0 Å². The van der Waals surface area contributed by atoms with Crippen molar-refractivity contribution in [3.8, 4) is 5.75 Å². The average molecular weight is 471 g/mol. The molecule has 0 unspecified atom stereocenters. The molecule has 1 aliphatic heterocycles. The first-order valence-corrected chi connectivity index (χ1v) is 12.7. The van der Waals surface area contributed by atoms with E-state index in [0.717, 1.165) is 35.0 Å². The second-order valence-electron chi connectivity index (χ2n) is 7.90. The Morgan fingerprint density at radius 3 is 2.20 bits per heavy atom. The minimum atomic E-state index is -3.11. The summed E-state index contributed by atoms with van der Waals surface area (Å²) in [5.41, 5.74) is 0. The van der Waals surface area contributed by atoms with Gasteiger partial charge in [-0.15, -0.1) is 23.5 Å². The molecule has 0 spiro atoms. The molecule has 1 aliphatic carbocycles. The molecule has 1 heterocycles. The van der Waals surface area contributed by atoms with E-state index in [-0.39, 0.29) is 6.67 Å². The van der Waals surface area contributed by atoms with E-state index in [4.69, 9.17) is 0 Å². The highest BCUT2D eigenvalue weighted by atomic mass is 32.2. The Bertz CT molecular complexity index is 579. The van der Waals surface area contributed by atoms with Crippen molar-refractivity contribution in [1.82, 2.24) is 0 Å². The number of rotatable bonds is 7. The van der Waals surface area contributed by atoms with Gasteiger partial charge in [0.25, 0.3) is 0 Å². The number of hydrogen-bond acceptors (Lipinski definition) is 3. The van der Waals surface area contributed by atoms with E-state index in [1.807, 2.05) is 0 Å².